The van der Waals surface area contributed by atoms with Crippen molar-refractivity contribution in [2.45, 2.75) is 39.0 Å². The van der Waals surface area contributed by atoms with Crippen molar-refractivity contribution >= 4 is 5.91 Å². The van der Waals surface area contributed by atoms with Gasteiger partial charge in [-0.25, -0.2) is 4.39 Å². The van der Waals surface area contributed by atoms with Crippen LogP contribution >= 0.6 is 0 Å². The van der Waals surface area contributed by atoms with Crippen molar-refractivity contribution in [3.63, 3.8) is 0 Å². The number of aliphatic hydroxyl groups is 1. The number of likely N-dealkylation sites (tertiary alicyclic amines) is 1. The first kappa shape index (κ1) is 15.9. The number of carbonyl (C=O) groups excluding carboxylic acids is 1. The summed E-state index contributed by atoms with van der Waals surface area (Å²) in [5.74, 6) is -0.0670. The minimum Gasteiger partial charge on any atom is -0.393 e. The van der Waals surface area contributed by atoms with Gasteiger partial charge >= 0.3 is 0 Å². The number of rotatable bonds is 5. The van der Waals surface area contributed by atoms with Crippen LogP contribution in [-0.4, -0.2) is 41.1 Å². The number of nitrogens with one attached hydrogen (secondary N) is 1. The molecule has 2 N–H and O–H groups in total. The average Bonchev–Trinajstić information content (AvgIpc) is 2.95. The molecule has 1 aromatic carbocycles. The van der Waals surface area contributed by atoms with Crippen molar-refractivity contribution in [1.82, 2.24) is 10.2 Å². The van der Waals surface area contributed by atoms with E-state index in [2.05, 4.69) is 10.2 Å². The van der Waals surface area contributed by atoms with Gasteiger partial charge in [0, 0.05) is 13.1 Å². The Balaban J connectivity index is 1.81. The smallest absolute Gasteiger partial charge is 0.237 e. The van der Waals surface area contributed by atoms with Crippen LogP contribution in [-0.2, 0) is 11.3 Å². The lowest BCUT2D eigenvalue weighted by Crippen LogP contribution is -2.44. The molecule has 0 saturated carbocycles. The van der Waals surface area contributed by atoms with Crippen LogP contribution in [0.4, 0.5) is 4.39 Å². The summed E-state index contributed by atoms with van der Waals surface area (Å²) in [6.07, 6.45) is 0.595. The third-order valence-corrected chi connectivity index (χ3v) is 4.25. The van der Waals surface area contributed by atoms with Gasteiger partial charge in [-0.2, -0.15) is 0 Å². The molecule has 1 aliphatic rings. The first-order chi connectivity index (χ1) is 9.97. The molecule has 0 spiro atoms. The summed E-state index contributed by atoms with van der Waals surface area (Å²) in [7, 11) is 0. The van der Waals surface area contributed by atoms with Crippen LogP contribution in [0.5, 0.6) is 0 Å². The average molecular weight is 294 g/mol. The molecule has 116 valence electrons. The van der Waals surface area contributed by atoms with E-state index in [9.17, 15) is 14.3 Å². The first-order valence-corrected chi connectivity index (χ1v) is 7.41. The Morgan fingerprint density at radius 2 is 2.10 bits per heavy atom. The lowest BCUT2D eigenvalue weighted by molar-refractivity contribution is -0.125. The fraction of sp³-hybridized carbons (Fsp3) is 0.562. The van der Waals surface area contributed by atoms with Gasteiger partial charge in [-0.1, -0.05) is 12.1 Å². The van der Waals surface area contributed by atoms with Crippen molar-refractivity contribution < 1.29 is 14.3 Å². The highest BCUT2D eigenvalue weighted by molar-refractivity contribution is 5.81. The minimum absolute atomic E-state index is 0.0365. The second-order valence-corrected chi connectivity index (χ2v) is 5.80. The molecule has 0 radical (unpaired) electrons. The van der Waals surface area contributed by atoms with Crippen LogP contribution in [0.2, 0.25) is 0 Å². The highest BCUT2D eigenvalue weighted by Gasteiger charge is 2.31. The molecule has 0 bridgehead atoms. The second-order valence-electron chi connectivity index (χ2n) is 5.80. The number of aliphatic hydroxyl groups excluding tert-OH is 1. The van der Waals surface area contributed by atoms with Crippen molar-refractivity contribution in [2.24, 2.45) is 5.92 Å². The molecule has 4 nitrogen and oxygen atoms in total. The third-order valence-electron chi connectivity index (χ3n) is 4.25. The van der Waals surface area contributed by atoms with E-state index in [1.807, 2.05) is 6.92 Å². The number of nitrogens with zero attached hydrogens (tertiary/aromatic N) is 1. The zero-order chi connectivity index (χ0) is 15.4. The summed E-state index contributed by atoms with van der Waals surface area (Å²) in [5.41, 5.74) is 0.875. The molecule has 1 aromatic rings. The summed E-state index contributed by atoms with van der Waals surface area (Å²) in [4.78, 5) is 14.3. The molecule has 0 aromatic heterocycles. The van der Waals surface area contributed by atoms with Gasteiger partial charge in [-0.15, -0.1) is 0 Å². The summed E-state index contributed by atoms with van der Waals surface area (Å²) in [6, 6.07) is 5.89. The van der Waals surface area contributed by atoms with Crippen molar-refractivity contribution in [3.05, 3.63) is 35.6 Å². The summed E-state index contributed by atoms with van der Waals surface area (Å²) in [5, 5.41) is 12.5. The van der Waals surface area contributed by atoms with Gasteiger partial charge in [0.05, 0.1) is 12.1 Å². The predicted molar refractivity (Wildman–Crippen MR) is 79.1 cm³/mol. The van der Waals surface area contributed by atoms with E-state index in [1.165, 1.54) is 12.1 Å². The lowest BCUT2D eigenvalue weighted by atomic mass is 10.0. The molecule has 0 aliphatic carbocycles. The maximum Gasteiger partial charge on any atom is 0.237 e. The number of halogens is 1. The first-order valence-electron chi connectivity index (χ1n) is 7.41. The quantitative estimate of drug-likeness (QED) is 0.866. The Labute approximate surface area is 125 Å². The predicted octanol–water partition coefficient (Wildman–Crippen LogP) is 1.53. The van der Waals surface area contributed by atoms with Crippen LogP contribution < -0.4 is 5.32 Å². The standard InChI is InChI=1S/C16H23FN2O2/c1-11(19-8-7-14(10-19)12(2)20)16(21)18-9-13-3-5-15(17)6-4-13/h3-6,11-12,14,20H,7-10H2,1-2H3,(H,18,21). The van der Waals surface area contributed by atoms with E-state index in [0.717, 1.165) is 25.1 Å². The summed E-state index contributed by atoms with van der Waals surface area (Å²) >= 11 is 0. The van der Waals surface area contributed by atoms with Crippen molar-refractivity contribution in [3.8, 4) is 0 Å². The molecule has 3 unspecified atom stereocenters. The largest absolute Gasteiger partial charge is 0.393 e. The van der Waals surface area contributed by atoms with Gasteiger partial charge < -0.3 is 10.4 Å². The fourth-order valence-corrected chi connectivity index (χ4v) is 2.67. The molecule has 1 heterocycles. The van der Waals surface area contributed by atoms with E-state index < -0.39 is 0 Å². The monoisotopic (exact) mass is 294 g/mol. The minimum atomic E-state index is -0.329. The van der Waals surface area contributed by atoms with E-state index >= 15 is 0 Å². The molecule has 5 heteroatoms. The fourth-order valence-electron chi connectivity index (χ4n) is 2.67. The molecule has 2 rings (SSSR count). The van der Waals surface area contributed by atoms with E-state index in [0.29, 0.717) is 6.54 Å². The lowest BCUT2D eigenvalue weighted by Gasteiger charge is -2.24. The molecule has 1 aliphatic heterocycles. The molecule has 3 atom stereocenters. The molecular formula is C16H23FN2O2. The van der Waals surface area contributed by atoms with Crippen LogP contribution in [0.15, 0.2) is 24.3 Å². The van der Waals surface area contributed by atoms with Gasteiger partial charge in [-0.05, 0) is 50.4 Å². The summed E-state index contributed by atoms with van der Waals surface area (Å²) in [6.45, 7) is 5.67. The number of benzene rings is 1. The zero-order valence-electron chi connectivity index (χ0n) is 12.6. The second kappa shape index (κ2) is 7.00. The molecule has 21 heavy (non-hydrogen) atoms. The van der Waals surface area contributed by atoms with Crippen LogP contribution in [0.1, 0.15) is 25.8 Å². The number of carbonyl (C=O) groups is 1. The van der Waals surface area contributed by atoms with Gasteiger partial charge in [-0.3, -0.25) is 9.69 Å². The maximum atomic E-state index is 12.8. The normalized spacial score (nSPS) is 22.0. The number of amides is 1. The Morgan fingerprint density at radius 3 is 2.67 bits per heavy atom. The zero-order valence-corrected chi connectivity index (χ0v) is 12.6. The van der Waals surface area contributed by atoms with Gasteiger partial charge in [0.2, 0.25) is 5.91 Å². The topological polar surface area (TPSA) is 52.6 Å². The van der Waals surface area contributed by atoms with Crippen LogP contribution in [0.3, 0.4) is 0 Å². The SMILES string of the molecule is CC(O)C1CCN(C(C)C(=O)NCc2ccc(F)cc2)C1. The maximum absolute atomic E-state index is 12.8. The Bertz CT molecular complexity index is 476. The van der Waals surface area contributed by atoms with Crippen LogP contribution in [0, 0.1) is 11.7 Å². The van der Waals surface area contributed by atoms with Crippen LogP contribution in [0.25, 0.3) is 0 Å². The van der Waals surface area contributed by atoms with Gasteiger partial charge in [0.25, 0.3) is 0 Å². The third kappa shape index (κ3) is 4.25. The molecular weight excluding hydrogens is 271 g/mol. The number of hydrogen-bond donors (Lipinski definition) is 2. The Morgan fingerprint density at radius 1 is 1.43 bits per heavy atom. The summed E-state index contributed by atoms with van der Waals surface area (Å²) < 4.78 is 12.8. The van der Waals surface area contributed by atoms with E-state index in [1.54, 1.807) is 19.1 Å². The Kier molecular flexibility index (Phi) is 5.31. The Hall–Kier alpha value is -1.46. The van der Waals surface area contributed by atoms with Crippen molar-refractivity contribution in [2.75, 3.05) is 13.1 Å². The highest BCUT2D eigenvalue weighted by Crippen LogP contribution is 2.21. The molecule has 1 fully saturated rings. The highest BCUT2D eigenvalue weighted by atomic mass is 19.1. The molecule has 1 saturated heterocycles. The number of hydrogen-bond acceptors (Lipinski definition) is 3. The van der Waals surface area contributed by atoms with E-state index in [-0.39, 0.29) is 29.8 Å². The molecule has 1 amide bonds. The van der Waals surface area contributed by atoms with Gasteiger partial charge in [0.15, 0.2) is 0 Å². The van der Waals surface area contributed by atoms with Gasteiger partial charge in [0.1, 0.15) is 5.82 Å². The van der Waals surface area contributed by atoms with E-state index in [4.69, 9.17) is 0 Å². The van der Waals surface area contributed by atoms with Crippen molar-refractivity contribution in [1.29, 1.82) is 0 Å².